The van der Waals surface area contributed by atoms with Crippen molar-refractivity contribution in [2.45, 2.75) is 43.8 Å². The van der Waals surface area contributed by atoms with Crippen LogP contribution in [0.4, 0.5) is 0 Å². The molecule has 0 fully saturated rings. The summed E-state index contributed by atoms with van der Waals surface area (Å²) in [5.74, 6) is -3.33. The van der Waals surface area contributed by atoms with Crippen molar-refractivity contribution in [3.05, 3.63) is 59.7 Å². The van der Waals surface area contributed by atoms with Gasteiger partial charge in [-0.25, -0.2) is 4.79 Å². The van der Waals surface area contributed by atoms with Crippen LogP contribution in [0.15, 0.2) is 48.5 Å². The fourth-order valence-electron chi connectivity index (χ4n) is 3.12. The number of phenolic OH excluding ortho intramolecular Hbond substituents is 2. The Morgan fingerprint density at radius 3 is 1.65 bits per heavy atom. The van der Waals surface area contributed by atoms with Gasteiger partial charge in [-0.1, -0.05) is 24.3 Å². The highest BCUT2D eigenvalue weighted by molar-refractivity contribution is 5.92. The van der Waals surface area contributed by atoms with Crippen LogP contribution >= 0.6 is 0 Å². The molecule has 0 aliphatic carbocycles. The number of carboxylic acid groups (broad SMARTS) is 1. The average molecular weight is 472 g/mol. The lowest BCUT2D eigenvalue weighted by atomic mass is 10.0. The van der Waals surface area contributed by atoms with Gasteiger partial charge in [-0.05, 0) is 41.8 Å². The molecule has 2 aromatic rings. The molecule has 0 aliphatic rings. The maximum atomic E-state index is 13.0. The van der Waals surface area contributed by atoms with Gasteiger partial charge in [0.2, 0.25) is 17.7 Å². The summed E-state index contributed by atoms with van der Waals surface area (Å²) in [6, 6.07) is 8.21. The number of hydrogen-bond acceptors (Lipinski definition) is 7. The van der Waals surface area contributed by atoms with E-state index in [1.54, 1.807) is 12.1 Å². The molecule has 3 atom stereocenters. The zero-order valence-electron chi connectivity index (χ0n) is 18.3. The summed E-state index contributed by atoms with van der Waals surface area (Å²) in [6.07, 6.45) is -0.199. The second-order valence-corrected chi connectivity index (χ2v) is 7.81. The molecular formula is C23H28N4O7. The van der Waals surface area contributed by atoms with E-state index in [4.69, 9.17) is 11.5 Å². The van der Waals surface area contributed by atoms with Gasteiger partial charge < -0.3 is 37.4 Å². The highest BCUT2D eigenvalue weighted by atomic mass is 16.4. The Labute approximate surface area is 195 Å². The molecule has 182 valence electrons. The molecule has 3 amide bonds. The SMILES string of the molecule is NC(=O)CC[C@H](N)C(=O)N[C@@H](Cc1ccc(O)cc1)C(=O)N[C@@H](Cc1ccc(O)cc1)C(=O)O. The molecule has 0 saturated carbocycles. The lowest BCUT2D eigenvalue weighted by Gasteiger charge is -2.23. The van der Waals surface area contributed by atoms with Crippen molar-refractivity contribution in [2.24, 2.45) is 11.5 Å². The van der Waals surface area contributed by atoms with Crippen LogP contribution in [0, 0.1) is 0 Å². The zero-order valence-corrected chi connectivity index (χ0v) is 18.3. The number of aliphatic carboxylic acids is 1. The lowest BCUT2D eigenvalue weighted by molar-refractivity contribution is -0.142. The van der Waals surface area contributed by atoms with E-state index in [9.17, 15) is 34.5 Å². The average Bonchev–Trinajstić information content (AvgIpc) is 2.79. The van der Waals surface area contributed by atoms with Gasteiger partial charge in [0.15, 0.2) is 0 Å². The molecule has 0 radical (unpaired) electrons. The summed E-state index contributed by atoms with van der Waals surface area (Å²) >= 11 is 0. The predicted molar refractivity (Wildman–Crippen MR) is 122 cm³/mol. The molecule has 0 spiro atoms. The lowest BCUT2D eigenvalue weighted by Crippen LogP contribution is -2.55. The van der Waals surface area contributed by atoms with Crippen molar-refractivity contribution in [3.8, 4) is 11.5 Å². The van der Waals surface area contributed by atoms with Gasteiger partial charge in [0.25, 0.3) is 0 Å². The fourth-order valence-corrected chi connectivity index (χ4v) is 3.12. The Bertz CT molecular complexity index is 1010. The molecule has 0 saturated heterocycles. The maximum Gasteiger partial charge on any atom is 0.326 e. The van der Waals surface area contributed by atoms with Crippen molar-refractivity contribution >= 4 is 23.7 Å². The molecule has 11 nitrogen and oxygen atoms in total. The predicted octanol–water partition coefficient (Wildman–Crippen LogP) is -0.470. The first kappa shape index (κ1) is 26.1. The van der Waals surface area contributed by atoms with E-state index in [-0.39, 0.29) is 37.2 Å². The number of amides is 3. The molecule has 2 rings (SSSR count). The van der Waals surface area contributed by atoms with Crippen LogP contribution in [0.3, 0.4) is 0 Å². The van der Waals surface area contributed by atoms with E-state index in [1.807, 2.05) is 0 Å². The van der Waals surface area contributed by atoms with Gasteiger partial charge in [-0.2, -0.15) is 0 Å². The number of nitrogens with two attached hydrogens (primary N) is 2. The number of carboxylic acids is 1. The highest BCUT2D eigenvalue weighted by Crippen LogP contribution is 2.14. The smallest absolute Gasteiger partial charge is 0.326 e. The number of hydrogen-bond donors (Lipinski definition) is 7. The van der Waals surface area contributed by atoms with E-state index in [1.165, 1.54) is 36.4 Å². The van der Waals surface area contributed by atoms with Crippen LogP contribution in [0.5, 0.6) is 11.5 Å². The van der Waals surface area contributed by atoms with E-state index in [0.717, 1.165) is 0 Å². The topological polar surface area (TPSA) is 205 Å². The molecule has 9 N–H and O–H groups in total. The third-order valence-corrected chi connectivity index (χ3v) is 5.04. The Morgan fingerprint density at radius 1 is 0.765 bits per heavy atom. The summed E-state index contributed by atoms with van der Waals surface area (Å²) < 4.78 is 0. The first-order chi connectivity index (χ1) is 16.0. The van der Waals surface area contributed by atoms with Gasteiger partial charge in [-0.15, -0.1) is 0 Å². The molecule has 0 aromatic heterocycles. The Kier molecular flexibility index (Phi) is 9.38. The van der Waals surface area contributed by atoms with Crippen molar-refractivity contribution < 1.29 is 34.5 Å². The van der Waals surface area contributed by atoms with Crippen molar-refractivity contribution in [1.82, 2.24) is 10.6 Å². The minimum Gasteiger partial charge on any atom is -0.508 e. The third-order valence-electron chi connectivity index (χ3n) is 5.04. The number of phenols is 2. The summed E-state index contributed by atoms with van der Waals surface area (Å²) in [5.41, 5.74) is 12.0. The van der Waals surface area contributed by atoms with E-state index in [0.29, 0.717) is 11.1 Å². The summed E-state index contributed by atoms with van der Waals surface area (Å²) in [6.45, 7) is 0. The van der Waals surface area contributed by atoms with Gasteiger partial charge in [0.05, 0.1) is 6.04 Å². The zero-order chi connectivity index (χ0) is 25.3. The molecule has 11 heteroatoms. The number of nitrogens with one attached hydrogen (secondary N) is 2. The summed E-state index contributed by atoms with van der Waals surface area (Å²) in [7, 11) is 0. The van der Waals surface area contributed by atoms with Gasteiger partial charge in [-0.3, -0.25) is 14.4 Å². The van der Waals surface area contributed by atoms with Crippen LogP contribution in [0.25, 0.3) is 0 Å². The van der Waals surface area contributed by atoms with E-state index < -0.39 is 41.8 Å². The first-order valence-corrected chi connectivity index (χ1v) is 10.5. The molecule has 0 bridgehead atoms. The van der Waals surface area contributed by atoms with E-state index in [2.05, 4.69) is 10.6 Å². The minimum absolute atomic E-state index is 0.00799. The number of rotatable bonds is 12. The molecule has 0 unspecified atom stereocenters. The van der Waals surface area contributed by atoms with Gasteiger partial charge in [0, 0.05) is 19.3 Å². The highest BCUT2D eigenvalue weighted by Gasteiger charge is 2.28. The van der Waals surface area contributed by atoms with Crippen LogP contribution in [-0.4, -0.2) is 57.1 Å². The number of primary amides is 1. The van der Waals surface area contributed by atoms with Crippen LogP contribution < -0.4 is 22.1 Å². The fraction of sp³-hybridized carbons (Fsp3) is 0.304. The Hall–Kier alpha value is -4.12. The second kappa shape index (κ2) is 12.2. The number of carbonyl (C=O) groups excluding carboxylic acids is 3. The van der Waals surface area contributed by atoms with Crippen molar-refractivity contribution in [3.63, 3.8) is 0 Å². The maximum absolute atomic E-state index is 13.0. The monoisotopic (exact) mass is 472 g/mol. The van der Waals surface area contributed by atoms with Crippen molar-refractivity contribution in [2.75, 3.05) is 0 Å². The molecule has 2 aromatic carbocycles. The molecule has 34 heavy (non-hydrogen) atoms. The van der Waals surface area contributed by atoms with E-state index >= 15 is 0 Å². The van der Waals surface area contributed by atoms with Gasteiger partial charge >= 0.3 is 5.97 Å². The van der Waals surface area contributed by atoms with Crippen LogP contribution in [-0.2, 0) is 32.0 Å². The van der Waals surface area contributed by atoms with Gasteiger partial charge in [0.1, 0.15) is 23.6 Å². The largest absolute Gasteiger partial charge is 0.508 e. The van der Waals surface area contributed by atoms with Crippen LogP contribution in [0.1, 0.15) is 24.0 Å². The quantitative estimate of drug-likeness (QED) is 0.214. The molecule has 0 heterocycles. The Balaban J connectivity index is 2.17. The second-order valence-electron chi connectivity index (χ2n) is 7.81. The molecule has 0 aliphatic heterocycles. The Morgan fingerprint density at radius 2 is 1.21 bits per heavy atom. The standard InChI is InChI=1S/C23H28N4O7/c24-17(9-10-20(25)30)21(31)26-18(11-13-1-5-15(28)6-2-13)22(32)27-19(23(33)34)12-14-3-7-16(29)8-4-14/h1-8,17-19,28-29H,9-12,24H2,(H2,25,30)(H,26,31)(H,27,32)(H,33,34)/t17-,18-,19-/m0/s1. The first-order valence-electron chi connectivity index (χ1n) is 10.5. The molecular weight excluding hydrogens is 444 g/mol. The summed E-state index contributed by atoms with van der Waals surface area (Å²) in [4.78, 5) is 48.2. The number of benzene rings is 2. The van der Waals surface area contributed by atoms with Crippen LogP contribution in [0.2, 0.25) is 0 Å². The minimum atomic E-state index is -1.31. The normalized spacial score (nSPS) is 13.3. The number of aromatic hydroxyl groups is 2. The number of carbonyl (C=O) groups is 4. The third kappa shape index (κ3) is 8.43. The summed E-state index contributed by atoms with van der Waals surface area (Å²) in [5, 5.41) is 33.4. The van der Waals surface area contributed by atoms with Crippen molar-refractivity contribution in [1.29, 1.82) is 0 Å².